The zero-order valence-corrected chi connectivity index (χ0v) is 14.2. The molecule has 2 nitrogen and oxygen atoms in total. The summed E-state index contributed by atoms with van der Waals surface area (Å²) < 4.78 is 0.985. The molecule has 0 heterocycles. The smallest absolute Gasteiger partial charge is 0.164 e. The number of ketones is 1. The molecule has 4 heteroatoms. The van der Waals surface area contributed by atoms with Crippen LogP contribution in [0.5, 0.6) is 0 Å². The van der Waals surface area contributed by atoms with Gasteiger partial charge in [0.15, 0.2) is 5.78 Å². The lowest BCUT2D eigenvalue weighted by atomic mass is 10.1. The molecule has 0 aliphatic carbocycles. The number of hydrogen-bond acceptors (Lipinski definition) is 2. The summed E-state index contributed by atoms with van der Waals surface area (Å²) in [5.41, 5.74) is 1.95. The van der Waals surface area contributed by atoms with Gasteiger partial charge in [-0.3, -0.25) is 4.79 Å². The molecular formula is C17H17BrClNO. The second kappa shape index (κ2) is 7.74. The van der Waals surface area contributed by atoms with Crippen molar-refractivity contribution < 1.29 is 4.79 Å². The molecule has 0 radical (unpaired) electrons. The molecule has 110 valence electrons. The van der Waals surface area contributed by atoms with Gasteiger partial charge in [-0.25, -0.2) is 0 Å². The highest BCUT2D eigenvalue weighted by molar-refractivity contribution is 9.10. The summed E-state index contributed by atoms with van der Waals surface area (Å²) in [7, 11) is 2.02. The lowest BCUT2D eigenvalue weighted by Crippen LogP contribution is -2.21. The lowest BCUT2D eigenvalue weighted by molar-refractivity contribution is 0.0968. The quantitative estimate of drug-likeness (QED) is 0.684. The van der Waals surface area contributed by atoms with Crippen LogP contribution in [0, 0.1) is 0 Å². The monoisotopic (exact) mass is 365 g/mol. The average molecular weight is 367 g/mol. The molecular weight excluding hydrogens is 350 g/mol. The summed E-state index contributed by atoms with van der Waals surface area (Å²) in [6, 6.07) is 15.3. The van der Waals surface area contributed by atoms with Gasteiger partial charge in [-0.1, -0.05) is 51.8 Å². The maximum absolute atomic E-state index is 12.1. The van der Waals surface area contributed by atoms with Gasteiger partial charge in [-0.2, -0.15) is 0 Å². The van der Waals surface area contributed by atoms with Gasteiger partial charge in [-0.05, 0) is 36.9 Å². The summed E-state index contributed by atoms with van der Waals surface area (Å²) >= 11 is 9.24. The Hall–Kier alpha value is -1.16. The van der Waals surface area contributed by atoms with Gasteiger partial charge in [-0.15, -0.1) is 0 Å². The van der Waals surface area contributed by atoms with Gasteiger partial charge >= 0.3 is 0 Å². The number of carbonyl (C=O) groups excluding carboxylic acids is 1. The molecule has 0 aliphatic heterocycles. The number of benzene rings is 2. The van der Waals surface area contributed by atoms with E-state index in [9.17, 15) is 4.79 Å². The second-order valence-corrected chi connectivity index (χ2v) is 6.40. The van der Waals surface area contributed by atoms with E-state index in [1.165, 1.54) is 5.56 Å². The molecule has 2 aromatic rings. The Balaban J connectivity index is 1.83. The Morgan fingerprint density at radius 1 is 1.10 bits per heavy atom. The topological polar surface area (TPSA) is 20.3 Å². The Kier molecular flexibility index (Phi) is 5.97. The van der Waals surface area contributed by atoms with Crippen molar-refractivity contribution in [3.8, 4) is 0 Å². The highest BCUT2D eigenvalue weighted by Crippen LogP contribution is 2.13. The van der Waals surface area contributed by atoms with Gasteiger partial charge in [0.2, 0.25) is 0 Å². The zero-order valence-electron chi connectivity index (χ0n) is 11.9. The third-order valence-electron chi connectivity index (χ3n) is 3.25. The molecule has 0 saturated carbocycles. The van der Waals surface area contributed by atoms with Crippen molar-refractivity contribution in [2.45, 2.75) is 13.0 Å². The van der Waals surface area contributed by atoms with Gasteiger partial charge < -0.3 is 4.90 Å². The van der Waals surface area contributed by atoms with E-state index in [1.54, 1.807) is 0 Å². The summed E-state index contributed by atoms with van der Waals surface area (Å²) in [6.45, 7) is 1.54. The van der Waals surface area contributed by atoms with E-state index >= 15 is 0 Å². The van der Waals surface area contributed by atoms with Crippen molar-refractivity contribution in [1.29, 1.82) is 0 Å². The molecule has 2 rings (SSSR count). The SMILES string of the molecule is CN(CCC(=O)c1ccc(Br)cc1)Cc1ccc(Cl)cc1. The Labute approximate surface area is 138 Å². The number of hydrogen-bond donors (Lipinski definition) is 0. The molecule has 0 bridgehead atoms. The van der Waals surface area contributed by atoms with Crippen molar-refractivity contribution in [3.63, 3.8) is 0 Å². The first-order chi connectivity index (χ1) is 10.0. The second-order valence-electron chi connectivity index (χ2n) is 5.04. The summed E-state index contributed by atoms with van der Waals surface area (Å²) in [5, 5.41) is 0.742. The molecule has 0 aliphatic rings. The van der Waals surface area contributed by atoms with Crippen molar-refractivity contribution >= 4 is 33.3 Å². The molecule has 0 aromatic heterocycles. The van der Waals surface area contributed by atoms with Crippen molar-refractivity contribution in [3.05, 3.63) is 69.2 Å². The molecule has 0 saturated heterocycles. The Morgan fingerprint density at radius 3 is 2.33 bits per heavy atom. The lowest BCUT2D eigenvalue weighted by Gasteiger charge is -2.16. The summed E-state index contributed by atoms with van der Waals surface area (Å²) in [6.07, 6.45) is 0.520. The van der Waals surface area contributed by atoms with E-state index in [2.05, 4.69) is 20.8 Å². The maximum Gasteiger partial charge on any atom is 0.164 e. The molecule has 0 fully saturated rings. The fourth-order valence-electron chi connectivity index (χ4n) is 2.05. The normalized spacial score (nSPS) is 10.9. The van der Waals surface area contributed by atoms with Crippen LogP contribution in [0.2, 0.25) is 5.02 Å². The van der Waals surface area contributed by atoms with E-state index in [0.717, 1.165) is 28.1 Å². The standard InChI is InChI=1S/C17H17BrClNO/c1-20(12-13-2-8-16(19)9-3-13)11-10-17(21)14-4-6-15(18)7-5-14/h2-9H,10-12H2,1H3. The maximum atomic E-state index is 12.1. The third kappa shape index (κ3) is 5.27. The molecule has 0 N–H and O–H groups in total. The van der Waals surface area contributed by atoms with Crippen LogP contribution in [0.4, 0.5) is 0 Å². The van der Waals surface area contributed by atoms with Crippen LogP contribution in [0.25, 0.3) is 0 Å². The minimum Gasteiger partial charge on any atom is -0.302 e. The molecule has 0 atom stereocenters. The zero-order chi connectivity index (χ0) is 15.2. The number of nitrogens with zero attached hydrogens (tertiary/aromatic N) is 1. The molecule has 2 aromatic carbocycles. The number of carbonyl (C=O) groups is 1. The van der Waals surface area contributed by atoms with Gasteiger partial charge in [0, 0.05) is 34.6 Å². The van der Waals surface area contributed by atoms with E-state index in [1.807, 2.05) is 55.6 Å². The van der Waals surface area contributed by atoms with Gasteiger partial charge in [0.05, 0.1) is 0 Å². The predicted octanol–water partition coefficient (Wildman–Crippen LogP) is 4.81. The minimum atomic E-state index is 0.172. The van der Waals surface area contributed by atoms with Gasteiger partial charge in [0.25, 0.3) is 0 Å². The van der Waals surface area contributed by atoms with Crippen LogP contribution >= 0.6 is 27.5 Å². The van der Waals surface area contributed by atoms with Crippen LogP contribution < -0.4 is 0 Å². The molecule has 0 spiro atoms. The van der Waals surface area contributed by atoms with E-state index in [-0.39, 0.29) is 5.78 Å². The van der Waals surface area contributed by atoms with E-state index in [4.69, 9.17) is 11.6 Å². The first-order valence-electron chi connectivity index (χ1n) is 6.76. The Bertz CT molecular complexity index is 595. The van der Waals surface area contributed by atoms with Crippen molar-refractivity contribution in [1.82, 2.24) is 4.90 Å². The fourth-order valence-corrected chi connectivity index (χ4v) is 2.44. The van der Waals surface area contributed by atoms with Crippen molar-refractivity contribution in [2.75, 3.05) is 13.6 Å². The summed E-state index contributed by atoms with van der Waals surface area (Å²) in [5.74, 6) is 0.172. The largest absolute Gasteiger partial charge is 0.302 e. The number of Topliss-reactive ketones (excluding diaryl/α,β-unsaturated/α-hetero) is 1. The molecule has 0 unspecified atom stereocenters. The minimum absolute atomic E-state index is 0.172. The number of halogens is 2. The highest BCUT2D eigenvalue weighted by atomic mass is 79.9. The third-order valence-corrected chi connectivity index (χ3v) is 4.03. The average Bonchev–Trinajstić information content (AvgIpc) is 2.48. The van der Waals surface area contributed by atoms with Crippen LogP contribution in [-0.4, -0.2) is 24.3 Å². The van der Waals surface area contributed by atoms with Crippen LogP contribution in [-0.2, 0) is 6.54 Å². The molecule has 0 amide bonds. The van der Waals surface area contributed by atoms with Crippen LogP contribution in [0.3, 0.4) is 0 Å². The van der Waals surface area contributed by atoms with E-state index in [0.29, 0.717) is 6.42 Å². The fraction of sp³-hybridized carbons (Fsp3) is 0.235. The van der Waals surface area contributed by atoms with E-state index < -0.39 is 0 Å². The first kappa shape index (κ1) is 16.2. The Morgan fingerprint density at radius 2 is 1.71 bits per heavy atom. The van der Waals surface area contributed by atoms with Gasteiger partial charge in [0.1, 0.15) is 0 Å². The first-order valence-corrected chi connectivity index (χ1v) is 7.93. The van der Waals surface area contributed by atoms with Crippen LogP contribution in [0.15, 0.2) is 53.0 Å². The number of rotatable bonds is 6. The summed E-state index contributed by atoms with van der Waals surface area (Å²) in [4.78, 5) is 14.2. The van der Waals surface area contributed by atoms with Crippen molar-refractivity contribution in [2.24, 2.45) is 0 Å². The highest BCUT2D eigenvalue weighted by Gasteiger charge is 2.08. The molecule has 21 heavy (non-hydrogen) atoms. The van der Waals surface area contributed by atoms with Crippen LogP contribution in [0.1, 0.15) is 22.3 Å². The predicted molar refractivity (Wildman–Crippen MR) is 90.9 cm³/mol.